The van der Waals surface area contributed by atoms with Crippen molar-refractivity contribution in [3.63, 3.8) is 0 Å². The van der Waals surface area contributed by atoms with Crippen molar-refractivity contribution in [2.24, 2.45) is 0 Å². The maximum atomic E-state index is 9.75. The van der Waals surface area contributed by atoms with Gasteiger partial charge in [-0.15, -0.1) is 0 Å². The minimum Gasteiger partial charge on any atom is -0.418 e. The van der Waals surface area contributed by atoms with Gasteiger partial charge < -0.3 is 17.3 Å². The van der Waals surface area contributed by atoms with E-state index in [9.17, 15) is 17.3 Å². The smallest absolute Gasteiger partial charge is 0.418 e. The number of rotatable bonds is 2. The second-order valence-corrected chi connectivity index (χ2v) is 12.5. The van der Waals surface area contributed by atoms with E-state index in [1.54, 1.807) is 5.30 Å². The van der Waals surface area contributed by atoms with Crippen LogP contribution in [-0.4, -0.2) is 17.6 Å². The Morgan fingerprint density at radius 3 is 1.57 bits per heavy atom. The zero-order chi connectivity index (χ0) is 18.6. The molecule has 0 aliphatic carbocycles. The third-order valence-corrected chi connectivity index (χ3v) is 7.23. The second-order valence-electron chi connectivity index (χ2n) is 8.15. The van der Waals surface area contributed by atoms with Crippen molar-refractivity contribution in [1.29, 1.82) is 0 Å². The molecule has 0 atom stereocenters. The van der Waals surface area contributed by atoms with E-state index in [1.807, 2.05) is 0 Å². The summed E-state index contributed by atoms with van der Waals surface area (Å²) in [6, 6.07) is 9.30. The molecule has 1 aromatic rings. The number of benzene rings is 1. The maximum absolute atomic E-state index is 9.75. The van der Waals surface area contributed by atoms with Gasteiger partial charge in [0, 0.05) is 7.92 Å². The van der Waals surface area contributed by atoms with Crippen LogP contribution in [0.4, 0.5) is 17.3 Å². The van der Waals surface area contributed by atoms with Crippen LogP contribution < -0.4 is 5.30 Å². The van der Waals surface area contributed by atoms with E-state index in [-0.39, 0.29) is 0 Å². The molecule has 0 amide bonds. The van der Waals surface area contributed by atoms with Crippen LogP contribution >= 0.6 is 7.92 Å². The molecule has 1 rings (SSSR count). The van der Waals surface area contributed by atoms with Crippen molar-refractivity contribution in [2.45, 2.75) is 71.6 Å². The van der Waals surface area contributed by atoms with E-state index in [0.717, 1.165) is 0 Å². The van der Waals surface area contributed by atoms with Gasteiger partial charge in [-0.1, -0.05) is 26.0 Å². The maximum Gasteiger partial charge on any atom is 0.673 e. The van der Waals surface area contributed by atoms with Crippen LogP contribution in [0.15, 0.2) is 24.3 Å². The molecule has 0 N–H and O–H groups in total. The normalized spacial score (nSPS) is 13.1. The molecular weight excluding hydrogens is 322 g/mol. The third-order valence-electron chi connectivity index (χ3n) is 3.34. The molecule has 23 heavy (non-hydrogen) atoms. The number of halogens is 4. The Morgan fingerprint density at radius 1 is 0.870 bits per heavy atom. The lowest BCUT2D eigenvalue weighted by atomic mass is 10.0. The summed E-state index contributed by atoms with van der Waals surface area (Å²) in [5.74, 6) is 0.619. The standard InChI is InChI=1S/C17H29P.BF4/c1-13(2)14-10-9-11-15(12-14)18(16(3,4)5)17(6,7)8;2-1(3,4)5/h9-13H,1-8H3;/q;-1/p+1. The van der Waals surface area contributed by atoms with E-state index in [1.165, 1.54) is 5.56 Å². The summed E-state index contributed by atoms with van der Waals surface area (Å²) in [7, 11) is -6.61. The van der Waals surface area contributed by atoms with Crippen molar-refractivity contribution in [3.05, 3.63) is 29.8 Å². The van der Waals surface area contributed by atoms with Crippen LogP contribution in [0.2, 0.25) is 0 Å². The molecule has 0 nitrogen and oxygen atoms in total. The summed E-state index contributed by atoms with van der Waals surface area (Å²) in [4.78, 5) is 0. The average Bonchev–Trinajstić information content (AvgIpc) is 2.22. The van der Waals surface area contributed by atoms with E-state index in [4.69, 9.17) is 0 Å². The summed E-state index contributed by atoms with van der Waals surface area (Å²) in [5.41, 5.74) is 1.48. The van der Waals surface area contributed by atoms with Gasteiger partial charge >= 0.3 is 7.25 Å². The van der Waals surface area contributed by atoms with Gasteiger partial charge in [0.1, 0.15) is 0 Å². The van der Waals surface area contributed by atoms with E-state index in [2.05, 4.69) is 79.7 Å². The SMILES string of the molecule is CC(C)c1cccc([PH+](C(C)(C)C)C(C)(C)C)c1.F[B-](F)(F)F. The van der Waals surface area contributed by atoms with Crippen LogP contribution in [0, 0.1) is 0 Å². The van der Waals surface area contributed by atoms with Gasteiger partial charge in [0.05, 0.1) is 15.6 Å². The van der Waals surface area contributed by atoms with Gasteiger partial charge in [-0.3, -0.25) is 0 Å². The predicted molar refractivity (Wildman–Crippen MR) is 98.2 cm³/mol. The Balaban J connectivity index is 0.000000841. The molecule has 0 saturated carbocycles. The van der Waals surface area contributed by atoms with Crippen LogP contribution in [0.25, 0.3) is 0 Å². The molecule has 0 aliphatic rings. The first-order chi connectivity index (χ1) is 10.0. The molecule has 0 heterocycles. The Labute approximate surface area is 139 Å². The first-order valence-corrected chi connectivity index (χ1v) is 9.39. The fraction of sp³-hybridized carbons (Fsp3) is 0.647. The summed E-state index contributed by atoms with van der Waals surface area (Å²) in [6.45, 7) is 18.9. The molecule has 134 valence electrons. The van der Waals surface area contributed by atoms with Gasteiger partial charge in [0.15, 0.2) is 0 Å². The third kappa shape index (κ3) is 9.34. The zero-order valence-electron chi connectivity index (χ0n) is 15.5. The Kier molecular flexibility index (Phi) is 7.81. The Hall–Kier alpha value is -0.565. The fourth-order valence-electron chi connectivity index (χ4n) is 3.04. The lowest BCUT2D eigenvalue weighted by Gasteiger charge is -2.34. The molecule has 0 unspecified atom stereocenters. The first-order valence-electron chi connectivity index (χ1n) is 7.89. The van der Waals surface area contributed by atoms with Crippen LogP contribution in [0.3, 0.4) is 0 Å². The van der Waals surface area contributed by atoms with Crippen LogP contribution in [0.1, 0.15) is 66.9 Å². The predicted octanol–water partition coefficient (Wildman–Crippen LogP) is 6.55. The molecule has 0 spiro atoms. The minimum atomic E-state index is -6.00. The highest BCUT2D eigenvalue weighted by molar-refractivity contribution is 7.68. The van der Waals surface area contributed by atoms with Gasteiger partial charge in [-0.25, -0.2) is 0 Å². The zero-order valence-corrected chi connectivity index (χ0v) is 16.5. The molecule has 0 aromatic heterocycles. The van der Waals surface area contributed by atoms with Gasteiger partial charge in [0.25, 0.3) is 0 Å². The lowest BCUT2D eigenvalue weighted by molar-refractivity contribution is 0.368. The van der Waals surface area contributed by atoms with Gasteiger partial charge in [-0.05, 0) is 65.2 Å². The summed E-state index contributed by atoms with van der Waals surface area (Å²) < 4.78 is 39.0. The van der Waals surface area contributed by atoms with Gasteiger partial charge in [-0.2, -0.15) is 0 Å². The minimum absolute atomic E-state index is 0.387. The van der Waals surface area contributed by atoms with Crippen molar-refractivity contribution in [2.75, 3.05) is 0 Å². The Bertz CT molecular complexity index is 465. The molecule has 1 aromatic carbocycles. The molecule has 0 aliphatic heterocycles. The van der Waals surface area contributed by atoms with Crippen molar-refractivity contribution < 1.29 is 17.3 Å². The highest BCUT2D eigenvalue weighted by Gasteiger charge is 2.43. The Morgan fingerprint density at radius 2 is 1.26 bits per heavy atom. The van der Waals surface area contributed by atoms with Crippen molar-refractivity contribution >= 4 is 20.5 Å². The topological polar surface area (TPSA) is 0 Å². The van der Waals surface area contributed by atoms with Crippen molar-refractivity contribution in [3.8, 4) is 0 Å². The summed E-state index contributed by atoms with van der Waals surface area (Å²) >= 11 is 0. The van der Waals surface area contributed by atoms with E-state index < -0.39 is 15.2 Å². The molecule has 0 fully saturated rings. The summed E-state index contributed by atoms with van der Waals surface area (Å²) in [5, 5.41) is 2.36. The lowest BCUT2D eigenvalue weighted by Crippen LogP contribution is -2.31. The van der Waals surface area contributed by atoms with Gasteiger partial charge in [0.2, 0.25) is 0 Å². The fourth-order valence-corrected chi connectivity index (χ4v) is 7.60. The second kappa shape index (κ2) is 8.01. The first kappa shape index (κ1) is 22.4. The largest absolute Gasteiger partial charge is 0.673 e. The molecular formula is C17H30BF4P. The quantitative estimate of drug-likeness (QED) is 0.322. The highest BCUT2D eigenvalue weighted by atomic mass is 31.1. The van der Waals surface area contributed by atoms with E-state index in [0.29, 0.717) is 16.2 Å². The number of hydrogen-bond donors (Lipinski definition) is 0. The summed E-state index contributed by atoms with van der Waals surface area (Å²) in [6.07, 6.45) is 0. The molecule has 0 saturated heterocycles. The monoisotopic (exact) mass is 352 g/mol. The molecule has 0 radical (unpaired) electrons. The van der Waals surface area contributed by atoms with Crippen LogP contribution in [-0.2, 0) is 0 Å². The molecule has 0 bridgehead atoms. The van der Waals surface area contributed by atoms with E-state index >= 15 is 0 Å². The average molecular weight is 352 g/mol. The highest BCUT2D eigenvalue weighted by Crippen LogP contribution is 2.58. The number of hydrogen-bond acceptors (Lipinski definition) is 0. The molecule has 6 heteroatoms. The van der Waals surface area contributed by atoms with Crippen molar-refractivity contribution in [1.82, 2.24) is 0 Å². The van der Waals surface area contributed by atoms with Crippen LogP contribution in [0.5, 0.6) is 0 Å².